The molecule has 0 aromatic heterocycles. The van der Waals surface area contributed by atoms with E-state index in [1.807, 2.05) is 0 Å². The first-order valence-electron chi connectivity index (χ1n) is 3.31. The molecular weight excluding hydrogens is 166 g/mol. The van der Waals surface area contributed by atoms with Crippen molar-refractivity contribution in [2.45, 2.75) is 6.61 Å². The molecule has 0 aliphatic heterocycles. The molecule has 1 rings (SSSR count). The van der Waals surface area contributed by atoms with Crippen molar-refractivity contribution in [3.8, 4) is 5.75 Å². The maximum Gasteiger partial charge on any atom is 0.187 e. The predicted octanol–water partition coefficient (Wildman–Crippen LogP) is 1.82. The maximum absolute atomic E-state index is 12.6. The summed E-state index contributed by atoms with van der Waals surface area (Å²) < 4.78 is 29.9. The topological polar surface area (TPSA) is 29.5 Å². The minimum Gasteiger partial charge on any atom is -0.503 e. The van der Waals surface area contributed by atoms with Gasteiger partial charge in [0.25, 0.3) is 0 Å². The lowest BCUT2D eigenvalue weighted by Gasteiger charge is -2.01. The van der Waals surface area contributed by atoms with Gasteiger partial charge < -0.3 is 9.84 Å². The molecule has 66 valence electrons. The van der Waals surface area contributed by atoms with Gasteiger partial charge in [-0.2, -0.15) is 0 Å². The molecule has 0 aliphatic carbocycles. The van der Waals surface area contributed by atoms with Crippen molar-refractivity contribution in [1.29, 1.82) is 0 Å². The predicted molar refractivity (Wildman–Crippen MR) is 38.7 cm³/mol. The second-order valence-corrected chi connectivity index (χ2v) is 2.34. The molecule has 0 aliphatic rings. The molecule has 12 heavy (non-hydrogen) atoms. The van der Waals surface area contributed by atoms with Crippen LogP contribution in [0.5, 0.6) is 5.75 Å². The van der Waals surface area contributed by atoms with E-state index in [1.54, 1.807) is 0 Å². The quantitative estimate of drug-likeness (QED) is 0.740. The molecule has 1 aromatic carbocycles. The zero-order valence-electron chi connectivity index (χ0n) is 6.47. The van der Waals surface area contributed by atoms with Crippen LogP contribution in [0.1, 0.15) is 5.56 Å². The maximum atomic E-state index is 12.6. The molecule has 0 saturated carbocycles. The second-order valence-electron chi connectivity index (χ2n) is 2.34. The summed E-state index contributed by atoms with van der Waals surface area (Å²) in [4.78, 5) is 0. The average Bonchev–Trinajstić information content (AvgIpc) is 2.01. The Morgan fingerprint density at radius 2 is 1.83 bits per heavy atom. The van der Waals surface area contributed by atoms with E-state index in [0.717, 1.165) is 12.1 Å². The summed E-state index contributed by atoms with van der Waals surface area (Å²) in [5.41, 5.74) is 0.352. The van der Waals surface area contributed by atoms with Crippen LogP contribution >= 0.6 is 0 Å². The number of benzene rings is 1. The molecule has 0 atom stereocenters. The molecule has 4 heteroatoms. The van der Waals surface area contributed by atoms with Gasteiger partial charge in [-0.25, -0.2) is 8.78 Å². The first-order valence-corrected chi connectivity index (χ1v) is 3.31. The van der Waals surface area contributed by atoms with Crippen LogP contribution in [0.3, 0.4) is 0 Å². The molecule has 0 fully saturated rings. The smallest absolute Gasteiger partial charge is 0.187 e. The van der Waals surface area contributed by atoms with Crippen molar-refractivity contribution in [1.82, 2.24) is 0 Å². The van der Waals surface area contributed by atoms with Gasteiger partial charge >= 0.3 is 0 Å². The van der Waals surface area contributed by atoms with Crippen molar-refractivity contribution in [3.63, 3.8) is 0 Å². The Morgan fingerprint density at radius 1 is 1.33 bits per heavy atom. The van der Waals surface area contributed by atoms with Gasteiger partial charge in [-0.1, -0.05) is 0 Å². The number of halogens is 2. The fraction of sp³-hybridized carbons (Fsp3) is 0.250. The van der Waals surface area contributed by atoms with Crippen molar-refractivity contribution in [2.75, 3.05) is 7.11 Å². The highest BCUT2D eigenvalue weighted by Crippen LogP contribution is 2.21. The fourth-order valence-corrected chi connectivity index (χ4v) is 0.868. The van der Waals surface area contributed by atoms with Gasteiger partial charge in [0.1, 0.15) is 0 Å². The zero-order valence-corrected chi connectivity index (χ0v) is 6.47. The molecule has 0 saturated heterocycles. The summed E-state index contributed by atoms with van der Waals surface area (Å²) in [7, 11) is 1.42. The number of phenolic OH excluding ortho intramolecular Hbond substituents is 1. The van der Waals surface area contributed by atoms with Gasteiger partial charge in [-0.15, -0.1) is 0 Å². The van der Waals surface area contributed by atoms with Crippen LogP contribution in [0.4, 0.5) is 8.78 Å². The molecule has 0 amide bonds. The Hall–Kier alpha value is -1.16. The van der Waals surface area contributed by atoms with Crippen molar-refractivity contribution in [2.24, 2.45) is 0 Å². The molecule has 1 aromatic rings. The normalized spacial score (nSPS) is 10.2. The van der Waals surface area contributed by atoms with Crippen molar-refractivity contribution >= 4 is 0 Å². The average molecular weight is 174 g/mol. The summed E-state index contributed by atoms with van der Waals surface area (Å²) in [5.74, 6) is -2.89. The molecule has 0 bridgehead atoms. The first kappa shape index (κ1) is 8.93. The van der Waals surface area contributed by atoms with Crippen LogP contribution in [0.15, 0.2) is 12.1 Å². The lowest BCUT2D eigenvalue weighted by Crippen LogP contribution is -1.91. The van der Waals surface area contributed by atoms with Crippen LogP contribution in [0, 0.1) is 11.6 Å². The lowest BCUT2D eigenvalue weighted by atomic mass is 10.2. The summed E-state index contributed by atoms with van der Waals surface area (Å²) >= 11 is 0. The number of ether oxygens (including phenoxy) is 1. The largest absolute Gasteiger partial charge is 0.503 e. The van der Waals surface area contributed by atoms with E-state index in [9.17, 15) is 8.78 Å². The van der Waals surface area contributed by atoms with Gasteiger partial charge in [0.2, 0.25) is 0 Å². The number of rotatable bonds is 2. The second kappa shape index (κ2) is 3.49. The highest BCUT2D eigenvalue weighted by Gasteiger charge is 2.08. The lowest BCUT2D eigenvalue weighted by molar-refractivity contribution is 0.184. The number of aromatic hydroxyl groups is 1. The Morgan fingerprint density at radius 3 is 2.25 bits per heavy atom. The standard InChI is InChI=1S/C8H8F2O2/c1-12-4-5-2-6(9)8(11)7(10)3-5/h2-3,11H,4H2,1H3. The molecule has 0 radical (unpaired) electrons. The van der Waals surface area contributed by atoms with E-state index in [2.05, 4.69) is 4.74 Å². The van der Waals surface area contributed by atoms with E-state index in [4.69, 9.17) is 5.11 Å². The van der Waals surface area contributed by atoms with Crippen LogP contribution < -0.4 is 0 Å². The van der Waals surface area contributed by atoms with Crippen LogP contribution in [-0.4, -0.2) is 12.2 Å². The van der Waals surface area contributed by atoms with E-state index in [-0.39, 0.29) is 6.61 Å². The van der Waals surface area contributed by atoms with Gasteiger partial charge in [-0.05, 0) is 17.7 Å². The summed E-state index contributed by atoms with van der Waals surface area (Å²) in [6.45, 7) is 0.119. The van der Waals surface area contributed by atoms with E-state index in [1.165, 1.54) is 7.11 Å². The number of methoxy groups -OCH3 is 1. The Labute approximate surface area is 68.4 Å². The number of hydrogen-bond donors (Lipinski definition) is 1. The molecule has 0 unspecified atom stereocenters. The first-order chi connectivity index (χ1) is 5.65. The zero-order chi connectivity index (χ0) is 9.14. The monoisotopic (exact) mass is 174 g/mol. The molecular formula is C8H8F2O2. The highest BCUT2D eigenvalue weighted by molar-refractivity contribution is 5.29. The third-order valence-corrected chi connectivity index (χ3v) is 1.39. The number of phenols is 1. The summed E-state index contributed by atoms with van der Waals surface area (Å²) in [5, 5.41) is 8.71. The third-order valence-electron chi connectivity index (χ3n) is 1.39. The highest BCUT2D eigenvalue weighted by atomic mass is 19.1. The van der Waals surface area contributed by atoms with Crippen LogP contribution in [0.25, 0.3) is 0 Å². The molecule has 0 spiro atoms. The van der Waals surface area contributed by atoms with E-state index < -0.39 is 17.4 Å². The van der Waals surface area contributed by atoms with Gasteiger partial charge in [0.15, 0.2) is 17.4 Å². The minimum absolute atomic E-state index is 0.119. The summed E-state index contributed by atoms with van der Waals surface area (Å²) in [6.07, 6.45) is 0. The Balaban J connectivity index is 3.04. The van der Waals surface area contributed by atoms with E-state index >= 15 is 0 Å². The molecule has 1 N–H and O–H groups in total. The Kier molecular flexibility index (Phi) is 2.60. The fourth-order valence-electron chi connectivity index (χ4n) is 0.868. The van der Waals surface area contributed by atoms with Gasteiger partial charge in [0, 0.05) is 7.11 Å². The van der Waals surface area contributed by atoms with Crippen LogP contribution in [0.2, 0.25) is 0 Å². The molecule has 0 heterocycles. The molecule has 2 nitrogen and oxygen atoms in total. The minimum atomic E-state index is -0.970. The number of hydrogen-bond acceptors (Lipinski definition) is 2. The van der Waals surface area contributed by atoms with Gasteiger partial charge in [0.05, 0.1) is 6.61 Å². The summed E-state index contributed by atoms with van der Waals surface area (Å²) in [6, 6.07) is 2.06. The third kappa shape index (κ3) is 1.71. The van der Waals surface area contributed by atoms with E-state index in [0.29, 0.717) is 5.56 Å². The Bertz CT molecular complexity index is 263. The van der Waals surface area contributed by atoms with Crippen molar-refractivity contribution < 1.29 is 18.6 Å². The van der Waals surface area contributed by atoms with Crippen molar-refractivity contribution in [3.05, 3.63) is 29.3 Å². The SMILES string of the molecule is COCc1cc(F)c(O)c(F)c1. The van der Waals surface area contributed by atoms with Crippen LogP contribution in [-0.2, 0) is 11.3 Å². The van der Waals surface area contributed by atoms with Gasteiger partial charge in [-0.3, -0.25) is 0 Å².